The third-order valence-corrected chi connectivity index (χ3v) is 6.54. The summed E-state index contributed by atoms with van der Waals surface area (Å²) >= 11 is 0. The highest BCUT2D eigenvalue weighted by Gasteiger charge is 2.41. The van der Waals surface area contributed by atoms with E-state index in [-0.39, 0.29) is 18.0 Å². The molecule has 0 aliphatic carbocycles. The minimum absolute atomic E-state index is 0.128. The van der Waals surface area contributed by atoms with Crippen molar-refractivity contribution in [2.75, 3.05) is 13.2 Å². The van der Waals surface area contributed by atoms with Crippen molar-refractivity contribution in [1.82, 2.24) is 4.31 Å². The molecule has 1 atom stereocenters. The summed E-state index contributed by atoms with van der Waals surface area (Å²) in [7, 11) is -3.78. The van der Waals surface area contributed by atoms with Crippen molar-refractivity contribution in [3.8, 4) is 0 Å². The van der Waals surface area contributed by atoms with E-state index in [1.807, 2.05) is 38.1 Å². The molecule has 1 aliphatic heterocycles. The first-order valence-corrected chi connectivity index (χ1v) is 10.3. The normalized spacial score (nSPS) is 17.6. The van der Waals surface area contributed by atoms with Crippen LogP contribution in [0.3, 0.4) is 0 Å². The van der Waals surface area contributed by atoms with Crippen LogP contribution in [0, 0.1) is 13.8 Å². The van der Waals surface area contributed by atoms with Gasteiger partial charge in [0, 0.05) is 6.54 Å². The zero-order valence-electron chi connectivity index (χ0n) is 15.7. The molecule has 0 saturated carbocycles. The third kappa shape index (κ3) is 3.68. The molecule has 1 aliphatic rings. The molecule has 5 nitrogen and oxygen atoms in total. The number of carbonyl (C=O) groups is 1. The SMILES string of the molecule is CCOC(=O)C1=CCN(S(=O)(=O)c2ccc(C)cc2)C1c1ccccc1C. The number of ether oxygens (including phenoxy) is 1. The zero-order valence-corrected chi connectivity index (χ0v) is 16.5. The lowest BCUT2D eigenvalue weighted by Crippen LogP contribution is -2.33. The van der Waals surface area contributed by atoms with Crippen LogP contribution in [0.1, 0.15) is 29.7 Å². The van der Waals surface area contributed by atoms with Crippen molar-refractivity contribution in [2.24, 2.45) is 0 Å². The Kier molecular flexibility index (Phi) is 5.48. The molecule has 0 radical (unpaired) electrons. The van der Waals surface area contributed by atoms with E-state index in [1.54, 1.807) is 37.3 Å². The fourth-order valence-corrected chi connectivity index (χ4v) is 4.79. The summed E-state index contributed by atoms with van der Waals surface area (Å²) in [6.45, 7) is 5.91. The Bertz CT molecular complexity index is 977. The second-order valence-corrected chi connectivity index (χ2v) is 8.42. The molecular weight excluding hydrogens is 362 g/mol. The molecule has 0 fully saturated rings. The van der Waals surface area contributed by atoms with Crippen molar-refractivity contribution in [2.45, 2.75) is 31.7 Å². The summed E-state index contributed by atoms with van der Waals surface area (Å²) in [5, 5.41) is 0. The van der Waals surface area contributed by atoms with E-state index in [0.29, 0.717) is 5.57 Å². The van der Waals surface area contributed by atoms with Gasteiger partial charge in [0.2, 0.25) is 10.0 Å². The maximum Gasteiger partial charge on any atom is 0.335 e. The Morgan fingerprint density at radius 3 is 2.41 bits per heavy atom. The minimum atomic E-state index is -3.78. The standard InChI is InChI=1S/C21H23NO4S/c1-4-26-21(23)19-13-14-22(20(19)18-8-6-5-7-16(18)3)27(24,25)17-11-9-15(2)10-12-17/h5-13,20H,4,14H2,1-3H3. The monoisotopic (exact) mass is 385 g/mol. The highest BCUT2D eigenvalue weighted by Crippen LogP contribution is 2.39. The summed E-state index contributed by atoms with van der Waals surface area (Å²) in [5.41, 5.74) is 3.05. The van der Waals surface area contributed by atoms with Crippen LogP contribution in [0.5, 0.6) is 0 Å². The fraction of sp³-hybridized carbons (Fsp3) is 0.286. The van der Waals surface area contributed by atoms with Crippen molar-refractivity contribution >= 4 is 16.0 Å². The lowest BCUT2D eigenvalue weighted by atomic mass is 9.97. The first kappa shape index (κ1) is 19.3. The van der Waals surface area contributed by atoms with E-state index in [0.717, 1.165) is 16.7 Å². The molecular formula is C21H23NO4S. The summed E-state index contributed by atoms with van der Waals surface area (Å²) in [4.78, 5) is 12.7. The Balaban J connectivity index is 2.08. The maximum absolute atomic E-state index is 13.3. The van der Waals surface area contributed by atoms with E-state index in [9.17, 15) is 13.2 Å². The number of sulfonamides is 1. The van der Waals surface area contributed by atoms with E-state index >= 15 is 0 Å². The van der Waals surface area contributed by atoms with Crippen LogP contribution in [0.4, 0.5) is 0 Å². The van der Waals surface area contributed by atoms with E-state index < -0.39 is 22.0 Å². The Hall–Kier alpha value is -2.44. The van der Waals surface area contributed by atoms with Gasteiger partial charge in [0.25, 0.3) is 0 Å². The number of hydrogen-bond acceptors (Lipinski definition) is 4. The Morgan fingerprint density at radius 1 is 1.11 bits per heavy atom. The van der Waals surface area contributed by atoms with Gasteiger partial charge < -0.3 is 4.74 Å². The Labute approximate surface area is 160 Å². The van der Waals surface area contributed by atoms with Crippen molar-refractivity contribution in [1.29, 1.82) is 0 Å². The van der Waals surface area contributed by atoms with Gasteiger partial charge in [-0.1, -0.05) is 48.0 Å². The Morgan fingerprint density at radius 2 is 1.78 bits per heavy atom. The molecule has 142 valence electrons. The molecule has 2 aromatic rings. The molecule has 0 N–H and O–H groups in total. The molecule has 6 heteroatoms. The zero-order chi connectivity index (χ0) is 19.6. The second kappa shape index (κ2) is 7.66. The van der Waals surface area contributed by atoms with Crippen molar-refractivity contribution in [3.63, 3.8) is 0 Å². The van der Waals surface area contributed by atoms with Crippen LogP contribution >= 0.6 is 0 Å². The van der Waals surface area contributed by atoms with Crippen molar-refractivity contribution < 1.29 is 17.9 Å². The van der Waals surface area contributed by atoms with Gasteiger partial charge in [-0.3, -0.25) is 0 Å². The number of benzene rings is 2. The number of esters is 1. The average Bonchev–Trinajstić information content (AvgIpc) is 3.08. The molecule has 2 aromatic carbocycles. The van der Waals surface area contributed by atoms with Crippen molar-refractivity contribution in [3.05, 3.63) is 76.9 Å². The van der Waals surface area contributed by atoms with Gasteiger partial charge in [0.05, 0.1) is 23.1 Å². The topological polar surface area (TPSA) is 63.7 Å². The van der Waals surface area contributed by atoms with Gasteiger partial charge in [-0.15, -0.1) is 0 Å². The van der Waals surface area contributed by atoms with Crippen LogP contribution in [0.15, 0.2) is 65.1 Å². The first-order chi connectivity index (χ1) is 12.9. The van der Waals surface area contributed by atoms with Gasteiger partial charge in [-0.05, 0) is 44.0 Å². The van der Waals surface area contributed by atoms with E-state index in [1.165, 1.54) is 4.31 Å². The van der Waals surface area contributed by atoms with Gasteiger partial charge >= 0.3 is 5.97 Å². The third-order valence-electron chi connectivity index (χ3n) is 4.70. The van der Waals surface area contributed by atoms with Crippen LogP contribution in [0.2, 0.25) is 0 Å². The van der Waals surface area contributed by atoms with Crippen LogP contribution < -0.4 is 0 Å². The second-order valence-electron chi connectivity index (χ2n) is 6.53. The molecule has 0 aromatic heterocycles. The smallest absolute Gasteiger partial charge is 0.335 e. The predicted molar refractivity (Wildman–Crippen MR) is 104 cm³/mol. The van der Waals surface area contributed by atoms with E-state index in [4.69, 9.17) is 4.74 Å². The summed E-state index contributed by atoms with van der Waals surface area (Å²) in [5.74, 6) is -0.479. The first-order valence-electron chi connectivity index (χ1n) is 8.87. The fourth-order valence-electron chi connectivity index (χ4n) is 3.27. The molecule has 0 bridgehead atoms. The van der Waals surface area contributed by atoms with Gasteiger partial charge in [-0.25, -0.2) is 13.2 Å². The summed E-state index contributed by atoms with van der Waals surface area (Å²) in [6, 6.07) is 13.5. The number of rotatable bonds is 5. The number of carbonyl (C=O) groups excluding carboxylic acids is 1. The van der Waals surface area contributed by atoms with Gasteiger partial charge in [-0.2, -0.15) is 4.31 Å². The molecule has 1 unspecified atom stereocenters. The molecule has 0 saturated heterocycles. The molecule has 27 heavy (non-hydrogen) atoms. The summed E-state index contributed by atoms with van der Waals surface area (Å²) < 4.78 is 33.2. The maximum atomic E-state index is 13.3. The lowest BCUT2D eigenvalue weighted by molar-refractivity contribution is -0.138. The van der Waals surface area contributed by atoms with Crippen LogP contribution in [-0.4, -0.2) is 31.8 Å². The lowest BCUT2D eigenvalue weighted by Gasteiger charge is -2.27. The largest absolute Gasteiger partial charge is 0.463 e. The average molecular weight is 385 g/mol. The molecule has 3 rings (SSSR count). The van der Waals surface area contributed by atoms with E-state index in [2.05, 4.69) is 0 Å². The minimum Gasteiger partial charge on any atom is -0.463 e. The van der Waals surface area contributed by atoms with Crippen LogP contribution in [-0.2, 0) is 19.6 Å². The number of aryl methyl sites for hydroxylation is 2. The number of nitrogens with zero attached hydrogens (tertiary/aromatic N) is 1. The quantitative estimate of drug-likeness (QED) is 0.739. The summed E-state index contributed by atoms with van der Waals surface area (Å²) in [6.07, 6.45) is 1.65. The highest BCUT2D eigenvalue weighted by atomic mass is 32.2. The number of hydrogen-bond donors (Lipinski definition) is 0. The predicted octanol–water partition coefficient (Wildman–Crippen LogP) is 3.54. The molecule has 0 amide bonds. The van der Waals surface area contributed by atoms with Gasteiger partial charge in [0.1, 0.15) is 0 Å². The van der Waals surface area contributed by atoms with Gasteiger partial charge in [0.15, 0.2) is 0 Å². The highest BCUT2D eigenvalue weighted by molar-refractivity contribution is 7.89. The molecule has 1 heterocycles. The van der Waals surface area contributed by atoms with Crippen LogP contribution in [0.25, 0.3) is 0 Å². The molecule has 0 spiro atoms.